The standard InChI is InChI=1S/C55H61N7O7.C54H57N7O6.C4H5ClO/c1-55(2,3)69-54(66)60-49(34-22-26-68-27-23-34)51(63)61-24-8-12-46(61)44-31-42-41-20-18-38(29-39(41)19-21-43(42)57-44)35-14-15-37-30-40(17-16-36(37)28-35)45-32-56-50(58-45)47-13-9-25-62(47)52(64)48(59-53(65)67-4)33-10-6-5-7-11-33;1-66-54(65)59-49(32-7-3-2-4-8-32)53(64)61-24-6-10-47(61)50-55-31-45(57-50)40-16-15-36-27-35(13-14-37(36)29-40)38-17-19-41-39(28-38)18-20-43-42(41)30-44(56-43)46-9-5-23-60(46)52(63)48(33-21-25-67-26-22-33)58-51(62)34-11-12-34;5-4(6)3-1-2-3/h5-7,10-11,14-18,20,28-30,32,34,46-49H,8-9,12-13,19,21-27,31H2,1-4H3,(H,56,58)(H,59,65)(H,60,66);2-4,7-8,13-17,19,27-29,31,33-34,46-49H,5-6,9-12,18,20-26,30H2,1H3,(H,55,57)(H,58,62)(H,59,65);3H,1-2H2/t46-,47-,48+,49-;46-,47-,48-,49+;/m00./s1. The highest BCUT2D eigenvalue weighted by molar-refractivity contribution is 6.64. The molecule has 0 unspecified atom stereocenters. The van der Waals surface area contributed by atoms with Gasteiger partial charge in [0, 0.05) is 111 Å². The van der Waals surface area contributed by atoms with Gasteiger partial charge in [-0.1, -0.05) is 146 Å². The number of amides is 8. The molecule has 10 aromatic rings. The van der Waals surface area contributed by atoms with Crippen molar-refractivity contribution in [3.63, 3.8) is 0 Å². The molecular formula is C113H123ClN14O14. The highest BCUT2D eigenvalue weighted by atomic mass is 35.5. The Balaban J connectivity index is 0.000000164. The summed E-state index contributed by atoms with van der Waals surface area (Å²) in [6.07, 6.45) is 20.4. The second-order valence-corrected chi connectivity index (χ2v) is 41.0. The zero-order valence-electron chi connectivity index (χ0n) is 81.1. The highest BCUT2D eigenvalue weighted by Crippen LogP contribution is 2.47. The van der Waals surface area contributed by atoms with Gasteiger partial charge in [0.2, 0.25) is 23.0 Å². The molecule has 8 aromatic carbocycles. The molecule has 22 rings (SSSR count). The first-order chi connectivity index (χ1) is 69.0. The number of methoxy groups -OCH3 is 2. The van der Waals surface area contributed by atoms with Crippen LogP contribution in [0.4, 0.5) is 14.4 Å². The lowest BCUT2D eigenvalue weighted by atomic mass is 9.85. The summed E-state index contributed by atoms with van der Waals surface area (Å²) in [6, 6.07) is 54.6. The number of carbonyl (C=O) groups excluding carboxylic acids is 9. The molecule has 6 saturated heterocycles. The number of fused-ring (bicyclic) bond motifs is 6. The summed E-state index contributed by atoms with van der Waals surface area (Å²) in [5.74, 6) is 1.40. The van der Waals surface area contributed by atoms with Gasteiger partial charge in [0.15, 0.2) is 0 Å². The molecule has 736 valence electrons. The van der Waals surface area contributed by atoms with Gasteiger partial charge in [0.1, 0.15) is 41.4 Å². The Kier molecular flexibility index (Phi) is 28.4. The molecule has 8 fully saturated rings. The number of alkyl carbamates (subject to hydrolysis) is 3. The number of carbonyl (C=O) groups is 9. The summed E-state index contributed by atoms with van der Waals surface area (Å²) in [6.45, 7) is 10.3. The number of aromatic amines is 2. The molecule has 8 atom stereocenters. The number of imidazole rings is 2. The lowest BCUT2D eigenvalue weighted by Gasteiger charge is -2.35. The molecule has 28 nitrogen and oxygen atoms in total. The molecule has 2 aromatic heterocycles. The maximum absolute atomic E-state index is 14.4. The monoisotopic (exact) mass is 1930 g/mol. The van der Waals surface area contributed by atoms with E-state index >= 15 is 0 Å². The molecule has 12 aliphatic rings. The lowest BCUT2D eigenvalue weighted by molar-refractivity contribution is -0.139. The summed E-state index contributed by atoms with van der Waals surface area (Å²) in [5.41, 5.74) is 21.2. The molecule has 8 amide bonds. The van der Waals surface area contributed by atoms with Crippen LogP contribution >= 0.6 is 11.6 Å². The van der Waals surface area contributed by atoms with Gasteiger partial charge in [-0.25, -0.2) is 24.4 Å². The number of halogens is 1. The third kappa shape index (κ3) is 21.1. The van der Waals surface area contributed by atoms with E-state index in [0.29, 0.717) is 88.8 Å². The molecule has 0 bridgehead atoms. The van der Waals surface area contributed by atoms with E-state index in [1.807, 2.05) is 109 Å². The van der Waals surface area contributed by atoms with Gasteiger partial charge >= 0.3 is 18.3 Å². The van der Waals surface area contributed by atoms with E-state index in [1.165, 1.54) is 53.2 Å². The number of likely N-dealkylation sites (tertiary alicyclic amines) is 4. The van der Waals surface area contributed by atoms with Crippen LogP contribution < -0.4 is 21.3 Å². The molecule has 8 aliphatic heterocycles. The number of ether oxygens (including phenoxy) is 5. The van der Waals surface area contributed by atoms with Crippen molar-refractivity contribution >= 4 is 109 Å². The van der Waals surface area contributed by atoms with E-state index in [4.69, 9.17) is 55.2 Å². The van der Waals surface area contributed by atoms with Crippen molar-refractivity contribution < 1.29 is 66.8 Å². The van der Waals surface area contributed by atoms with Crippen molar-refractivity contribution in [3.05, 3.63) is 239 Å². The molecule has 0 spiro atoms. The summed E-state index contributed by atoms with van der Waals surface area (Å²) < 4.78 is 26.6. The largest absolute Gasteiger partial charge is 0.453 e. The SMILES string of the molecule is COC(=O)N[C@@H](C(=O)N1CCC[C@H]1c1ncc(-c2ccc3cc(-c4ccc5c(c4)CCC4=C5CC([C@@H]5CCCN5C(=O)[C@@H](NC(=O)C5CC5)C5CCOCC5)=N4)ccc3c2)[nH]1)c1ccccc1.COC(=O)N[C@@H](C(=O)N1CCC[C@H]1c1ncc(-c2ccc3cc(-c4ccc5c(c4)CCC4=C5CC([C@@H]5CCCN5C(=O)[C@@H](NC(=O)OC(C)(C)C)C5CCOCC5)=N4)ccc3c2)[nH]1)c1ccccc1.O=C(Cl)C1CC1. The predicted molar refractivity (Wildman–Crippen MR) is 543 cm³/mol. The number of nitrogens with one attached hydrogen (secondary N) is 6. The minimum absolute atomic E-state index is 0.0242. The fourth-order valence-electron chi connectivity index (χ4n) is 22.5. The Bertz CT molecular complexity index is 6640. The maximum Gasteiger partial charge on any atom is 0.408 e. The van der Waals surface area contributed by atoms with Gasteiger partial charge in [-0.3, -0.25) is 38.8 Å². The minimum Gasteiger partial charge on any atom is -0.453 e. The fraction of sp³-hybridized carbons (Fsp3) is 0.425. The number of benzene rings is 8. The minimum atomic E-state index is -0.881. The normalized spacial score (nSPS) is 20.8. The topological polar surface area (TPSA) is 343 Å². The van der Waals surface area contributed by atoms with Gasteiger partial charge in [-0.05, 0) is 285 Å². The smallest absolute Gasteiger partial charge is 0.408 e. The summed E-state index contributed by atoms with van der Waals surface area (Å²) in [7, 11) is 2.58. The van der Waals surface area contributed by atoms with Gasteiger partial charge < -0.3 is 74.5 Å². The molecule has 142 heavy (non-hydrogen) atoms. The Morgan fingerprint density at radius 3 is 1.17 bits per heavy atom. The summed E-state index contributed by atoms with van der Waals surface area (Å²) in [5, 5.41) is 16.0. The van der Waals surface area contributed by atoms with Crippen LogP contribution in [0.15, 0.2) is 204 Å². The van der Waals surface area contributed by atoms with Crippen molar-refractivity contribution in [2.75, 3.05) is 66.8 Å². The van der Waals surface area contributed by atoms with Gasteiger partial charge in [0.05, 0.1) is 62.2 Å². The zero-order chi connectivity index (χ0) is 98.0. The number of aliphatic imine (C=N–C) groups is 2. The van der Waals surface area contributed by atoms with Crippen LogP contribution in [-0.2, 0) is 65.3 Å². The van der Waals surface area contributed by atoms with E-state index in [2.05, 4.69) is 140 Å². The molecule has 29 heteroatoms. The van der Waals surface area contributed by atoms with Crippen molar-refractivity contribution in [2.24, 2.45) is 33.7 Å². The van der Waals surface area contributed by atoms with E-state index in [-0.39, 0.29) is 82.6 Å². The van der Waals surface area contributed by atoms with Crippen LogP contribution in [0.25, 0.3) is 77.5 Å². The van der Waals surface area contributed by atoms with Crippen LogP contribution in [0.1, 0.15) is 218 Å². The first kappa shape index (κ1) is 96.1. The number of nitrogens with zero attached hydrogens (tertiary/aromatic N) is 8. The Labute approximate surface area is 831 Å². The van der Waals surface area contributed by atoms with Crippen LogP contribution in [0.5, 0.6) is 0 Å². The van der Waals surface area contributed by atoms with E-state index in [1.54, 1.807) is 4.90 Å². The fourth-order valence-corrected chi connectivity index (χ4v) is 22.7. The number of aromatic nitrogens is 4. The molecule has 2 saturated carbocycles. The third-order valence-electron chi connectivity index (χ3n) is 30.3. The van der Waals surface area contributed by atoms with Crippen molar-refractivity contribution in [1.29, 1.82) is 0 Å². The highest BCUT2D eigenvalue weighted by Gasteiger charge is 2.47. The number of rotatable bonds is 22. The number of allylic oxidation sites excluding steroid dienone is 4. The average Bonchev–Trinajstić information content (AvgIpc) is 1.58. The predicted octanol–water partition coefficient (Wildman–Crippen LogP) is 19.1. The molecule has 10 heterocycles. The lowest BCUT2D eigenvalue weighted by Crippen LogP contribution is -2.56. The van der Waals surface area contributed by atoms with Crippen LogP contribution in [0.3, 0.4) is 0 Å². The Morgan fingerprint density at radius 2 is 0.782 bits per heavy atom. The summed E-state index contributed by atoms with van der Waals surface area (Å²) in [4.78, 5) is 152. The zero-order valence-corrected chi connectivity index (χ0v) is 81.9. The second kappa shape index (κ2) is 42.0. The van der Waals surface area contributed by atoms with Crippen LogP contribution in [0, 0.1) is 23.7 Å². The van der Waals surface area contributed by atoms with Crippen molar-refractivity contribution in [3.8, 4) is 44.8 Å². The number of hydrogen-bond donors (Lipinski definition) is 6. The Hall–Kier alpha value is -13.4. The number of aryl methyl sites for hydroxylation is 2. The van der Waals surface area contributed by atoms with Crippen molar-refractivity contribution in [1.82, 2.24) is 60.8 Å². The first-order valence-corrected chi connectivity index (χ1v) is 51.1. The molecule has 4 aliphatic carbocycles. The number of hydrogen-bond acceptors (Lipinski definition) is 18. The number of H-pyrrole nitrogens is 2. The van der Waals surface area contributed by atoms with E-state index < -0.39 is 48.0 Å². The average molecular weight is 1940 g/mol. The van der Waals surface area contributed by atoms with Gasteiger partial charge in [-0.15, -0.1) is 0 Å². The van der Waals surface area contributed by atoms with Gasteiger partial charge in [0.25, 0.3) is 11.8 Å². The molecule has 0 radical (unpaired) electrons. The maximum atomic E-state index is 14.4. The van der Waals surface area contributed by atoms with Crippen molar-refractivity contribution in [2.45, 2.75) is 216 Å². The molecule has 6 N–H and O–H groups in total. The second-order valence-electron chi connectivity index (χ2n) is 40.7. The van der Waals surface area contributed by atoms with Crippen LogP contribution in [-0.4, -0.2) is 201 Å². The van der Waals surface area contributed by atoms with E-state index in [0.717, 1.165) is 211 Å². The quantitative estimate of drug-likeness (QED) is 0.0271. The third-order valence-corrected chi connectivity index (χ3v) is 30.6. The van der Waals surface area contributed by atoms with E-state index in [9.17, 15) is 43.2 Å². The molecular weight excluding hydrogens is 1810 g/mol. The first-order valence-electron chi connectivity index (χ1n) is 50.7. The van der Waals surface area contributed by atoms with Gasteiger partial charge in [-0.2, -0.15) is 0 Å². The summed E-state index contributed by atoms with van der Waals surface area (Å²) >= 11 is 5.04. The Morgan fingerprint density at radius 1 is 0.408 bits per heavy atom. The van der Waals surface area contributed by atoms with Crippen LogP contribution in [0.2, 0.25) is 0 Å².